The third kappa shape index (κ3) is 4.96. The van der Waals surface area contributed by atoms with Gasteiger partial charge in [-0.1, -0.05) is 23.4 Å². The number of halogens is 1. The molecule has 8 nitrogen and oxygen atoms in total. The van der Waals surface area contributed by atoms with Crippen LogP contribution in [0, 0.1) is 0 Å². The lowest BCUT2D eigenvalue weighted by Gasteiger charge is -2.13. The minimum atomic E-state index is -0.567. The molecule has 2 N–H and O–H groups in total. The van der Waals surface area contributed by atoms with Gasteiger partial charge in [-0.15, -0.1) is 5.10 Å². The van der Waals surface area contributed by atoms with Crippen molar-refractivity contribution in [1.29, 1.82) is 0 Å². The van der Waals surface area contributed by atoms with Crippen LogP contribution in [0.3, 0.4) is 0 Å². The zero-order chi connectivity index (χ0) is 20.1. The largest absolute Gasteiger partial charge is 0.495 e. The van der Waals surface area contributed by atoms with Crippen molar-refractivity contribution in [3.63, 3.8) is 0 Å². The number of amides is 2. The van der Waals surface area contributed by atoms with Crippen LogP contribution in [0.15, 0.2) is 22.3 Å². The first-order valence-corrected chi connectivity index (χ1v) is 10.1. The predicted octanol–water partition coefficient (Wildman–Crippen LogP) is 3.20. The van der Waals surface area contributed by atoms with Crippen LogP contribution >= 0.6 is 23.4 Å². The van der Waals surface area contributed by atoms with Crippen molar-refractivity contribution in [1.82, 2.24) is 5.32 Å². The molecule has 1 saturated heterocycles. The summed E-state index contributed by atoms with van der Waals surface area (Å²) in [5.74, 6) is 0.216. The summed E-state index contributed by atoms with van der Waals surface area (Å²) in [6.45, 7) is 0. The Labute approximate surface area is 172 Å². The summed E-state index contributed by atoms with van der Waals surface area (Å²) in [6, 6.07) is 3.13. The van der Waals surface area contributed by atoms with Crippen LogP contribution < -0.4 is 20.1 Å². The predicted molar refractivity (Wildman–Crippen MR) is 111 cm³/mol. The van der Waals surface area contributed by atoms with Gasteiger partial charge in [0.1, 0.15) is 16.7 Å². The maximum absolute atomic E-state index is 12.4. The first-order valence-electron chi connectivity index (χ1n) is 8.82. The number of nitrogens with zero attached hydrogens (tertiary/aromatic N) is 2. The molecule has 0 spiro atoms. The van der Waals surface area contributed by atoms with E-state index in [0.29, 0.717) is 27.4 Å². The van der Waals surface area contributed by atoms with Crippen LogP contribution in [0.5, 0.6) is 11.5 Å². The van der Waals surface area contributed by atoms with Crippen LogP contribution in [0.4, 0.5) is 5.69 Å². The SMILES string of the molecule is COc1cc(NC(=O)CC2S/C(=N\N=C3CCCC3)NC2=O)c(OC)cc1Cl. The zero-order valence-corrected chi connectivity index (χ0v) is 17.2. The number of rotatable bonds is 6. The average molecular weight is 425 g/mol. The minimum Gasteiger partial charge on any atom is -0.495 e. The average Bonchev–Trinajstić information content (AvgIpc) is 3.31. The highest BCUT2D eigenvalue weighted by atomic mass is 35.5. The molecule has 1 heterocycles. The molecule has 0 bridgehead atoms. The Kier molecular flexibility index (Phi) is 6.79. The van der Waals surface area contributed by atoms with Gasteiger partial charge in [-0.25, -0.2) is 0 Å². The lowest BCUT2D eigenvalue weighted by molar-refractivity contribution is -0.122. The second-order valence-corrected chi connectivity index (χ2v) is 7.91. The van der Waals surface area contributed by atoms with Crippen LogP contribution in [0.2, 0.25) is 5.02 Å². The number of thioether (sulfide) groups is 1. The number of hydrogen-bond acceptors (Lipinski definition) is 7. The van der Waals surface area contributed by atoms with Crippen molar-refractivity contribution >= 4 is 51.7 Å². The molecule has 1 aliphatic carbocycles. The second kappa shape index (κ2) is 9.29. The smallest absolute Gasteiger partial charge is 0.240 e. The summed E-state index contributed by atoms with van der Waals surface area (Å²) < 4.78 is 10.4. The highest BCUT2D eigenvalue weighted by molar-refractivity contribution is 8.15. The minimum absolute atomic E-state index is 0.0137. The molecule has 1 aromatic rings. The van der Waals surface area contributed by atoms with E-state index >= 15 is 0 Å². The fourth-order valence-corrected chi connectivity index (χ4v) is 4.06. The summed E-state index contributed by atoms with van der Waals surface area (Å²) in [5, 5.41) is 13.9. The molecule has 1 atom stereocenters. The van der Waals surface area contributed by atoms with E-state index in [1.807, 2.05) is 0 Å². The van der Waals surface area contributed by atoms with E-state index in [-0.39, 0.29) is 18.2 Å². The number of ether oxygens (including phenoxy) is 2. The molecule has 1 aromatic carbocycles. The fourth-order valence-electron chi connectivity index (χ4n) is 2.91. The van der Waals surface area contributed by atoms with E-state index in [1.54, 1.807) is 12.1 Å². The molecular formula is C18H21ClN4O4S. The topological polar surface area (TPSA) is 101 Å². The Morgan fingerprint density at radius 3 is 2.64 bits per heavy atom. The van der Waals surface area contributed by atoms with Gasteiger partial charge < -0.3 is 20.1 Å². The summed E-state index contributed by atoms with van der Waals surface area (Å²) in [4.78, 5) is 24.6. The molecule has 2 amide bonds. The van der Waals surface area contributed by atoms with E-state index in [1.165, 1.54) is 26.0 Å². The Morgan fingerprint density at radius 2 is 1.96 bits per heavy atom. The van der Waals surface area contributed by atoms with Gasteiger partial charge >= 0.3 is 0 Å². The normalized spacial score (nSPS) is 20.2. The fraction of sp³-hybridized carbons (Fsp3) is 0.444. The monoisotopic (exact) mass is 424 g/mol. The van der Waals surface area contributed by atoms with Crippen molar-refractivity contribution in [2.45, 2.75) is 37.4 Å². The number of carbonyl (C=O) groups is 2. The van der Waals surface area contributed by atoms with Gasteiger partial charge in [-0.2, -0.15) is 5.10 Å². The molecule has 3 rings (SSSR count). The molecule has 0 aromatic heterocycles. The molecule has 1 unspecified atom stereocenters. The van der Waals surface area contributed by atoms with E-state index in [0.717, 1.165) is 31.4 Å². The Bertz CT molecular complexity index is 835. The molecule has 0 radical (unpaired) electrons. The number of amidine groups is 1. The van der Waals surface area contributed by atoms with Gasteiger partial charge in [0.05, 0.1) is 24.9 Å². The molecule has 1 saturated carbocycles. The maximum Gasteiger partial charge on any atom is 0.240 e. The second-order valence-electron chi connectivity index (χ2n) is 6.31. The number of methoxy groups -OCH3 is 2. The van der Waals surface area contributed by atoms with Crippen LogP contribution in [-0.2, 0) is 9.59 Å². The first kappa shape index (κ1) is 20.5. The van der Waals surface area contributed by atoms with E-state index < -0.39 is 5.25 Å². The number of hydrogen-bond donors (Lipinski definition) is 2. The quantitative estimate of drug-likeness (QED) is 0.683. The molecule has 28 heavy (non-hydrogen) atoms. The molecule has 2 aliphatic rings. The van der Waals surface area contributed by atoms with E-state index in [9.17, 15) is 9.59 Å². The third-order valence-electron chi connectivity index (χ3n) is 4.36. The van der Waals surface area contributed by atoms with Crippen molar-refractivity contribution < 1.29 is 19.1 Å². The van der Waals surface area contributed by atoms with Crippen molar-refractivity contribution in [3.8, 4) is 11.5 Å². The summed E-state index contributed by atoms with van der Waals surface area (Å²) in [5.41, 5.74) is 1.46. The molecular weight excluding hydrogens is 404 g/mol. The first-order chi connectivity index (χ1) is 13.5. The van der Waals surface area contributed by atoms with Gasteiger partial charge in [-0.3, -0.25) is 9.59 Å². The summed E-state index contributed by atoms with van der Waals surface area (Å²) in [6.07, 6.45) is 4.15. The third-order valence-corrected chi connectivity index (χ3v) is 5.73. The lowest BCUT2D eigenvalue weighted by Crippen LogP contribution is -2.28. The van der Waals surface area contributed by atoms with Gasteiger partial charge in [-0.05, 0) is 25.7 Å². The molecule has 10 heteroatoms. The molecule has 2 fully saturated rings. The van der Waals surface area contributed by atoms with E-state index in [4.69, 9.17) is 21.1 Å². The van der Waals surface area contributed by atoms with Crippen molar-refractivity contribution in [3.05, 3.63) is 17.2 Å². The Morgan fingerprint density at radius 1 is 1.25 bits per heavy atom. The molecule has 150 valence electrons. The van der Waals surface area contributed by atoms with E-state index in [2.05, 4.69) is 20.8 Å². The zero-order valence-electron chi connectivity index (χ0n) is 15.6. The van der Waals surface area contributed by atoms with Crippen LogP contribution in [-0.4, -0.2) is 42.2 Å². The maximum atomic E-state index is 12.4. The van der Waals surface area contributed by atoms with Crippen molar-refractivity contribution in [2.75, 3.05) is 19.5 Å². The Hall–Kier alpha value is -2.26. The standard InChI is InChI=1S/C18H21ClN4O4S/c1-26-13-8-12(14(27-2)7-11(13)19)20-16(24)9-15-17(25)21-18(28-15)23-22-10-5-3-4-6-10/h7-8,15H,3-6,9H2,1-2H3,(H,20,24)(H,21,23,25). The molecule has 1 aliphatic heterocycles. The van der Waals surface area contributed by atoms with Gasteiger partial charge in [0.15, 0.2) is 5.17 Å². The number of carbonyl (C=O) groups excluding carboxylic acids is 2. The number of anilines is 1. The lowest BCUT2D eigenvalue weighted by atomic mass is 10.2. The van der Waals surface area contributed by atoms with Crippen LogP contribution in [0.1, 0.15) is 32.1 Å². The number of nitrogens with one attached hydrogen (secondary N) is 2. The van der Waals surface area contributed by atoms with Gasteiger partial charge in [0, 0.05) is 24.3 Å². The highest BCUT2D eigenvalue weighted by Crippen LogP contribution is 2.36. The summed E-state index contributed by atoms with van der Waals surface area (Å²) in [7, 11) is 2.96. The van der Waals surface area contributed by atoms with Gasteiger partial charge in [0.25, 0.3) is 0 Å². The highest BCUT2D eigenvalue weighted by Gasteiger charge is 2.32. The van der Waals surface area contributed by atoms with Crippen LogP contribution in [0.25, 0.3) is 0 Å². The number of benzene rings is 1. The summed E-state index contributed by atoms with van der Waals surface area (Å²) >= 11 is 7.27. The van der Waals surface area contributed by atoms with Gasteiger partial charge in [0.2, 0.25) is 11.8 Å². The Balaban J connectivity index is 1.63. The van der Waals surface area contributed by atoms with Crippen molar-refractivity contribution in [2.24, 2.45) is 10.2 Å².